The fourth-order valence-corrected chi connectivity index (χ4v) is 4.33. The molecule has 0 amide bonds. The molecule has 102 valence electrons. The molecule has 0 unspecified atom stereocenters. The number of hydrogen-bond acceptors (Lipinski definition) is 5. The van der Waals surface area contributed by atoms with Gasteiger partial charge in [0.15, 0.2) is 0 Å². The molecule has 0 spiro atoms. The molecule has 2 heterocycles. The molecule has 3 N–H and O–H groups in total. The summed E-state index contributed by atoms with van der Waals surface area (Å²) < 4.78 is 23.7. The lowest BCUT2D eigenvalue weighted by molar-refractivity contribution is 0.351. The van der Waals surface area contributed by atoms with Gasteiger partial charge in [-0.05, 0) is 30.4 Å². The Morgan fingerprint density at radius 1 is 1.42 bits per heavy atom. The number of nitrogens with one attached hydrogen (secondary N) is 1. The van der Waals surface area contributed by atoms with Crippen molar-refractivity contribution in [1.29, 1.82) is 0 Å². The van der Waals surface area contributed by atoms with E-state index in [0.717, 1.165) is 22.3 Å². The van der Waals surface area contributed by atoms with E-state index < -0.39 is 14.8 Å². The highest BCUT2D eigenvalue weighted by molar-refractivity contribution is 7.90. The van der Waals surface area contributed by atoms with Crippen molar-refractivity contribution in [1.82, 2.24) is 4.98 Å². The smallest absolute Gasteiger partial charge is 0.216 e. The minimum atomic E-state index is -3.53. The first-order chi connectivity index (χ1) is 9.02. The third-order valence-corrected chi connectivity index (χ3v) is 6.47. The van der Waals surface area contributed by atoms with Crippen LogP contribution in [-0.2, 0) is 10.0 Å². The van der Waals surface area contributed by atoms with Crippen molar-refractivity contribution >= 4 is 37.3 Å². The number of nitrogens with two attached hydrogens (primary N) is 1. The molecule has 5 nitrogen and oxygen atoms in total. The molecule has 1 fully saturated rings. The van der Waals surface area contributed by atoms with Crippen LogP contribution < -0.4 is 10.5 Å². The maximum absolute atomic E-state index is 11.7. The summed E-state index contributed by atoms with van der Waals surface area (Å²) in [4.78, 5) is 4.28. The molecule has 19 heavy (non-hydrogen) atoms. The van der Waals surface area contributed by atoms with E-state index in [-0.39, 0.29) is 0 Å². The van der Waals surface area contributed by atoms with Crippen LogP contribution in [0.2, 0.25) is 0 Å². The lowest BCUT2D eigenvalue weighted by Crippen LogP contribution is -2.53. The first kappa shape index (κ1) is 12.8. The molecule has 0 atom stereocenters. The number of hydrogen-bond donors (Lipinski definition) is 2. The molecule has 1 saturated carbocycles. The Morgan fingerprint density at radius 2 is 2.21 bits per heavy atom. The highest BCUT2D eigenvalue weighted by Gasteiger charge is 2.47. The highest BCUT2D eigenvalue weighted by Crippen LogP contribution is 2.38. The Balaban J connectivity index is 1.85. The molecular weight excluding hydrogens is 282 g/mol. The van der Waals surface area contributed by atoms with E-state index >= 15 is 0 Å². The van der Waals surface area contributed by atoms with Gasteiger partial charge in [-0.25, -0.2) is 18.5 Å². The molecule has 1 aliphatic rings. The zero-order valence-electron chi connectivity index (χ0n) is 10.3. The van der Waals surface area contributed by atoms with E-state index in [9.17, 15) is 8.42 Å². The minimum Gasteiger partial charge on any atom is -0.368 e. The number of sulfonamides is 1. The number of rotatable bonds is 4. The second-order valence-corrected chi connectivity index (χ2v) is 7.83. The summed E-state index contributed by atoms with van der Waals surface area (Å²) in [6, 6.07) is 3.93. The molecule has 1 aliphatic carbocycles. The summed E-state index contributed by atoms with van der Waals surface area (Å²) in [5.41, 5.74) is 0. The van der Waals surface area contributed by atoms with Crippen LogP contribution in [-0.4, -0.2) is 24.7 Å². The van der Waals surface area contributed by atoms with Gasteiger partial charge in [0.05, 0.1) is 0 Å². The Morgan fingerprint density at radius 3 is 2.84 bits per heavy atom. The van der Waals surface area contributed by atoms with Gasteiger partial charge >= 0.3 is 0 Å². The zero-order chi connectivity index (χ0) is 13.5. The van der Waals surface area contributed by atoms with Crippen molar-refractivity contribution < 1.29 is 8.42 Å². The normalized spacial score (nSPS) is 18.2. The lowest BCUT2D eigenvalue weighted by atomic mass is 9.84. The van der Waals surface area contributed by atoms with Gasteiger partial charge in [-0.1, -0.05) is 6.42 Å². The van der Waals surface area contributed by atoms with Crippen molar-refractivity contribution in [2.24, 2.45) is 5.14 Å². The number of nitrogens with zero attached hydrogens (tertiary/aromatic N) is 1. The predicted octanol–water partition coefficient (Wildman–Crippen LogP) is 1.92. The Bertz CT molecular complexity index is 705. The van der Waals surface area contributed by atoms with E-state index in [1.54, 1.807) is 17.5 Å². The van der Waals surface area contributed by atoms with Gasteiger partial charge in [-0.2, -0.15) is 0 Å². The van der Waals surface area contributed by atoms with Crippen LogP contribution >= 0.6 is 11.3 Å². The van der Waals surface area contributed by atoms with Crippen LogP contribution in [0.1, 0.15) is 19.3 Å². The molecule has 0 bridgehead atoms. The molecule has 2 aromatic rings. The SMILES string of the molecule is NS(=O)(=O)C1(CNc2nccc3sccc23)CCC1. The van der Waals surface area contributed by atoms with Crippen molar-refractivity contribution in [3.05, 3.63) is 23.7 Å². The number of primary sulfonamides is 1. The van der Waals surface area contributed by atoms with Gasteiger partial charge in [-0.3, -0.25) is 0 Å². The predicted molar refractivity (Wildman–Crippen MR) is 77.8 cm³/mol. The van der Waals surface area contributed by atoms with Gasteiger partial charge in [0.1, 0.15) is 10.6 Å². The molecule has 0 aromatic carbocycles. The zero-order valence-corrected chi connectivity index (χ0v) is 11.9. The summed E-state index contributed by atoms with van der Waals surface area (Å²) in [5, 5.41) is 11.5. The number of fused-ring (bicyclic) bond motifs is 1. The number of aromatic nitrogens is 1. The molecule has 2 aromatic heterocycles. The quantitative estimate of drug-likeness (QED) is 0.903. The van der Waals surface area contributed by atoms with Crippen molar-refractivity contribution in [3.63, 3.8) is 0 Å². The Labute approximate surface area is 115 Å². The molecule has 0 radical (unpaired) electrons. The van der Waals surface area contributed by atoms with Crippen LogP contribution in [0.3, 0.4) is 0 Å². The second-order valence-electron chi connectivity index (χ2n) is 4.93. The Hall–Kier alpha value is -1.18. The van der Waals surface area contributed by atoms with Gasteiger partial charge in [0.25, 0.3) is 0 Å². The van der Waals surface area contributed by atoms with Crippen molar-refractivity contribution in [2.45, 2.75) is 24.0 Å². The van der Waals surface area contributed by atoms with E-state index in [1.165, 1.54) is 0 Å². The van der Waals surface area contributed by atoms with Crippen LogP contribution in [0.5, 0.6) is 0 Å². The van der Waals surface area contributed by atoms with Gasteiger partial charge < -0.3 is 5.32 Å². The number of thiophene rings is 1. The summed E-state index contributed by atoms with van der Waals surface area (Å²) in [6.07, 6.45) is 3.89. The van der Waals surface area contributed by atoms with Gasteiger partial charge in [0, 0.05) is 22.8 Å². The summed E-state index contributed by atoms with van der Waals surface area (Å²) >= 11 is 1.64. The van der Waals surface area contributed by atoms with Crippen molar-refractivity contribution in [3.8, 4) is 0 Å². The highest BCUT2D eigenvalue weighted by atomic mass is 32.2. The fourth-order valence-electron chi connectivity index (χ4n) is 2.41. The van der Waals surface area contributed by atoms with Crippen LogP contribution in [0, 0.1) is 0 Å². The number of pyridine rings is 1. The Kier molecular flexibility index (Phi) is 2.99. The van der Waals surface area contributed by atoms with E-state index in [4.69, 9.17) is 5.14 Å². The first-order valence-electron chi connectivity index (χ1n) is 6.10. The molecule has 3 rings (SSSR count). The molecular formula is C12H15N3O2S2. The summed E-state index contributed by atoms with van der Waals surface area (Å²) in [6.45, 7) is 0.327. The average molecular weight is 297 g/mol. The minimum absolute atomic E-state index is 0.327. The van der Waals surface area contributed by atoms with E-state index in [2.05, 4.69) is 10.3 Å². The van der Waals surface area contributed by atoms with E-state index in [1.807, 2.05) is 17.5 Å². The van der Waals surface area contributed by atoms with Crippen LogP contribution in [0.15, 0.2) is 23.7 Å². The van der Waals surface area contributed by atoms with Gasteiger partial charge in [-0.15, -0.1) is 11.3 Å². The summed E-state index contributed by atoms with van der Waals surface area (Å²) in [7, 11) is -3.53. The largest absolute Gasteiger partial charge is 0.368 e. The lowest BCUT2D eigenvalue weighted by Gasteiger charge is -2.39. The standard InChI is InChI=1S/C12H15N3O2S2/c13-19(16,17)12(4-1-5-12)8-15-11-9-3-7-18-10(9)2-6-14-11/h2-3,6-7H,1,4-5,8H2,(H,14,15)(H2,13,16,17). The van der Waals surface area contributed by atoms with Crippen LogP contribution in [0.4, 0.5) is 5.82 Å². The third kappa shape index (κ3) is 2.11. The second kappa shape index (κ2) is 4.43. The van der Waals surface area contributed by atoms with Crippen LogP contribution in [0.25, 0.3) is 10.1 Å². The molecule has 7 heteroatoms. The third-order valence-electron chi connectivity index (χ3n) is 3.83. The summed E-state index contributed by atoms with van der Waals surface area (Å²) in [5.74, 6) is 0.730. The van der Waals surface area contributed by atoms with Crippen molar-refractivity contribution in [2.75, 3.05) is 11.9 Å². The average Bonchev–Trinajstić information content (AvgIpc) is 2.74. The first-order valence-corrected chi connectivity index (χ1v) is 8.53. The fraction of sp³-hybridized carbons (Fsp3) is 0.417. The maximum Gasteiger partial charge on any atom is 0.216 e. The van der Waals surface area contributed by atoms with Gasteiger partial charge in [0.2, 0.25) is 10.0 Å². The monoisotopic (exact) mass is 297 g/mol. The molecule has 0 aliphatic heterocycles. The topological polar surface area (TPSA) is 85.1 Å². The number of anilines is 1. The maximum atomic E-state index is 11.7. The van der Waals surface area contributed by atoms with E-state index in [0.29, 0.717) is 19.4 Å². The molecule has 0 saturated heterocycles.